The normalized spacial score (nSPS) is 12.2. The van der Waals surface area contributed by atoms with Crippen LogP contribution in [0.1, 0.15) is 35.0 Å². The lowest BCUT2D eigenvalue weighted by atomic mass is 9.87. The maximum atomic E-state index is 6.46. The van der Waals surface area contributed by atoms with Crippen molar-refractivity contribution in [3.63, 3.8) is 0 Å². The van der Waals surface area contributed by atoms with E-state index < -0.39 is 0 Å². The number of nitrogens with one attached hydrogen (secondary N) is 1. The largest absolute Gasteiger partial charge is 0.346 e. The van der Waals surface area contributed by atoms with E-state index in [0.29, 0.717) is 6.54 Å². The van der Waals surface area contributed by atoms with Gasteiger partial charge in [0.15, 0.2) is 0 Å². The second-order valence-corrected chi connectivity index (χ2v) is 6.32. The first-order valence-electron chi connectivity index (χ1n) is 8.30. The van der Waals surface area contributed by atoms with Crippen molar-refractivity contribution in [1.29, 1.82) is 0 Å². The molecule has 0 spiro atoms. The molecule has 3 rings (SSSR count). The Balaban J connectivity index is 1.81. The fourth-order valence-electron chi connectivity index (χ4n) is 3.04. The van der Waals surface area contributed by atoms with Crippen LogP contribution >= 0.6 is 11.6 Å². The van der Waals surface area contributed by atoms with E-state index in [1.165, 1.54) is 11.1 Å². The summed E-state index contributed by atoms with van der Waals surface area (Å²) in [5, 5.41) is 0.814. The summed E-state index contributed by atoms with van der Waals surface area (Å²) in [6, 6.07) is 18.6. The molecule has 3 nitrogen and oxygen atoms in total. The highest BCUT2D eigenvalue weighted by atomic mass is 35.5. The molecular weight excluding hydrogens is 318 g/mol. The predicted octanol–water partition coefficient (Wildman–Crippen LogP) is 4.33. The van der Waals surface area contributed by atoms with Crippen LogP contribution in [0.2, 0.25) is 5.02 Å². The van der Waals surface area contributed by atoms with Gasteiger partial charge in [-0.2, -0.15) is 0 Å². The molecule has 124 valence electrons. The molecule has 0 radical (unpaired) electrons. The van der Waals surface area contributed by atoms with E-state index in [9.17, 15) is 0 Å². The van der Waals surface area contributed by atoms with Crippen molar-refractivity contribution in [3.8, 4) is 0 Å². The Bertz CT molecular complexity index is 767. The quantitative estimate of drug-likeness (QED) is 0.673. The molecule has 0 aliphatic rings. The topological polar surface area (TPSA) is 54.7 Å². The van der Waals surface area contributed by atoms with Gasteiger partial charge in [0.25, 0.3) is 0 Å². The molecule has 24 heavy (non-hydrogen) atoms. The number of nitrogens with two attached hydrogens (primary N) is 1. The van der Waals surface area contributed by atoms with Gasteiger partial charge in [0.2, 0.25) is 0 Å². The predicted molar refractivity (Wildman–Crippen MR) is 99.4 cm³/mol. The lowest BCUT2D eigenvalue weighted by molar-refractivity contribution is 0.694. The molecule has 0 fully saturated rings. The van der Waals surface area contributed by atoms with Crippen molar-refractivity contribution in [2.75, 3.05) is 6.54 Å². The number of halogens is 1. The molecule has 0 saturated carbocycles. The zero-order valence-electron chi connectivity index (χ0n) is 13.6. The van der Waals surface area contributed by atoms with Gasteiger partial charge in [-0.05, 0) is 30.2 Å². The zero-order valence-corrected chi connectivity index (χ0v) is 14.3. The minimum absolute atomic E-state index is 0.253. The fraction of sp³-hybridized carbons (Fsp3) is 0.250. The minimum Gasteiger partial charge on any atom is -0.346 e. The van der Waals surface area contributed by atoms with E-state index in [2.05, 4.69) is 40.3 Å². The summed E-state index contributed by atoms with van der Waals surface area (Å²) in [6.07, 6.45) is 4.54. The third kappa shape index (κ3) is 4.05. The van der Waals surface area contributed by atoms with Gasteiger partial charge < -0.3 is 10.7 Å². The number of imidazole rings is 1. The summed E-state index contributed by atoms with van der Waals surface area (Å²) in [4.78, 5) is 7.84. The molecule has 3 aromatic rings. The zero-order chi connectivity index (χ0) is 16.8. The molecule has 3 N–H and O–H groups in total. The minimum atomic E-state index is 0.253. The fourth-order valence-corrected chi connectivity index (χ4v) is 3.31. The SMILES string of the molecule is NCCc1cnc(CCC(c2ccccc2)c2ccccc2Cl)[nH]1. The highest BCUT2D eigenvalue weighted by Crippen LogP contribution is 2.33. The van der Waals surface area contributed by atoms with E-state index in [-0.39, 0.29) is 5.92 Å². The molecule has 0 aliphatic heterocycles. The molecule has 0 aliphatic carbocycles. The Morgan fingerprint density at radius 2 is 1.75 bits per heavy atom. The summed E-state index contributed by atoms with van der Waals surface area (Å²) in [5.74, 6) is 1.26. The van der Waals surface area contributed by atoms with E-state index in [4.69, 9.17) is 17.3 Å². The molecule has 0 saturated heterocycles. The van der Waals surface area contributed by atoms with Crippen LogP contribution in [0.25, 0.3) is 0 Å². The van der Waals surface area contributed by atoms with Crippen molar-refractivity contribution < 1.29 is 0 Å². The molecule has 2 aromatic carbocycles. The summed E-state index contributed by atoms with van der Waals surface area (Å²) in [7, 11) is 0. The van der Waals surface area contributed by atoms with Gasteiger partial charge in [-0.3, -0.25) is 0 Å². The first kappa shape index (κ1) is 16.7. The van der Waals surface area contributed by atoms with Crippen LogP contribution in [-0.4, -0.2) is 16.5 Å². The van der Waals surface area contributed by atoms with Gasteiger partial charge in [0, 0.05) is 35.7 Å². The van der Waals surface area contributed by atoms with Gasteiger partial charge in [-0.15, -0.1) is 0 Å². The van der Waals surface area contributed by atoms with Crippen LogP contribution in [0, 0.1) is 0 Å². The number of aryl methyl sites for hydroxylation is 1. The summed E-state index contributed by atoms with van der Waals surface area (Å²) in [5.41, 5.74) is 9.14. The second-order valence-electron chi connectivity index (χ2n) is 5.92. The maximum absolute atomic E-state index is 6.46. The monoisotopic (exact) mass is 339 g/mol. The number of aromatic amines is 1. The Hall–Kier alpha value is -2.10. The summed E-state index contributed by atoms with van der Waals surface area (Å²) < 4.78 is 0. The molecule has 0 amide bonds. The number of benzene rings is 2. The van der Waals surface area contributed by atoms with Crippen molar-refractivity contribution in [2.24, 2.45) is 5.73 Å². The number of aromatic nitrogens is 2. The highest BCUT2D eigenvalue weighted by Gasteiger charge is 2.17. The van der Waals surface area contributed by atoms with Crippen molar-refractivity contribution in [2.45, 2.75) is 25.2 Å². The molecule has 4 heteroatoms. The third-order valence-corrected chi connectivity index (χ3v) is 4.59. The van der Waals surface area contributed by atoms with Crippen LogP contribution < -0.4 is 5.73 Å². The first-order chi connectivity index (χ1) is 11.8. The summed E-state index contributed by atoms with van der Waals surface area (Å²) in [6.45, 7) is 0.633. The molecule has 1 heterocycles. The standard InChI is InChI=1S/C20H22ClN3/c21-19-9-5-4-8-18(19)17(15-6-2-1-3-7-15)10-11-20-23-14-16(24-20)12-13-22/h1-9,14,17H,10-13,22H2,(H,23,24). The smallest absolute Gasteiger partial charge is 0.106 e. The van der Waals surface area contributed by atoms with E-state index >= 15 is 0 Å². The number of hydrogen-bond acceptors (Lipinski definition) is 2. The third-order valence-electron chi connectivity index (χ3n) is 4.25. The summed E-state index contributed by atoms with van der Waals surface area (Å²) >= 11 is 6.46. The second kappa shape index (κ2) is 8.13. The number of hydrogen-bond donors (Lipinski definition) is 2. The first-order valence-corrected chi connectivity index (χ1v) is 8.68. The van der Waals surface area contributed by atoms with E-state index in [1.807, 2.05) is 30.5 Å². The van der Waals surface area contributed by atoms with Gasteiger partial charge in [-0.25, -0.2) is 4.98 Å². The molecule has 1 atom stereocenters. The van der Waals surface area contributed by atoms with Crippen LogP contribution in [-0.2, 0) is 12.8 Å². The Kier molecular flexibility index (Phi) is 5.68. The number of rotatable bonds is 7. The molecular formula is C20H22ClN3. The van der Waals surface area contributed by atoms with Gasteiger partial charge in [0.05, 0.1) is 0 Å². The van der Waals surface area contributed by atoms with Crippen LogP contribution in [0.15, 0.2) is 60.8 Å². The highest BCUT2D eigenvalue weighted by molar-refractivity contribution is 6.31. The van der Waals surface area contributed by atoms with Crippen molar-refractivity contribution in [1.82, 2.24) is 9.97 Å². The van der Waals surface area contributed by atoms with Gasteiger partial charge in [0.1, 0.15) is 5.82 Å². The molecule has 1 unspecified atom stereocenters. The average Bonchev–Trinajstić information content (AvgIpc) is 3.05. The van der Waals surface area contributed by atoms with Crippen molar-refractivity contribution >= 4 is 11.6 Å². The Morgan fingerprint density at radius 3 is 2.50 bits per heavy atom. The lowest BCUT2D eigenvalue weighted by Crippen LogP contribution is -2.05. The van der Waals surface area contributed by atoms with Gasteiger partial charge in [-0.1, -0.05) is 60.1 Å². The lowest BCUT2D eigenvalue weighted by Gasteiger charge is -2.19. The van der Waals surface area contributed by atoms with E-state index in [1.54, 1.807) is 0 Å². The van der Waals surface area contributed by atoms with Crippen molar-refractivity contribution in [3.05, 3.63) is 88.5 Å². The van der Waals surface area contributed by atoms with Gasteiger partial charge >= 0.3 is 0 Å². The Labute approximate surface area is 147 Å². The average molecular weight is 340 g/mol. The molecule has 1 aromatic heterocycles. The Morgan fingerprint density at radius 1 is 1.00 bits per heavy atom. The van der Waals surface area contributed by atoms with Crippen LogP contribution in [0.3, 0.4) is 0 Å². The number of nitrogens with zero attached hydrogens (tertiary/aromatic N) is 1. The maximum Gasteiger partial charge on any atom is 0.106 e. The van der Waals surface area contributed by atoms with Crippen LogP contribution in [0.4, 0.5) is 0 Å². The van der Waals surface area contributed by atoms with Crippen LogP contribution in [0.5, 0.6) is 0 Å². The number of H-pyrrole nitrogens is 1. The molecule has 0 bridgehead atoms. The van der Waals surface area contributed by atoms with E-state index in [0.717, 1.165) is 35.8 Å².